The Hall–Kier alpha value is -2.45. The zero-order valence-electron chi connectivity index (χ0n) is 13.7. The van der Waals surface area contributed by atoms with Gasteiger partial charge in [0, 0.05) is 10.9 Å². The van der Waals surface area contributed by atoms with E-state index >= 15 is 0 Å². The van der Waals surface area contributed by atoms with Gasteiger partial charge in [-0.15, -0.1) is 10.2 Å². The van der Waals surface area contributed by atoms with Crippen molar-refractivity contribution in [3.63, 3.8) is 0 Å². The molecule has 0 saturated carbocycles. The molecule has 0 radical (unpaired) electrons. The van der Waals surface area contributed by atoms with Crippen molar-refractivity contribution in [2.75, 3.05) is 0 Å². The molecule has 0 aliphatic carbocycles. The third kappa shape index (κ3) is 3.35. The van der Waals surface area contributed by atoms with E-state index in [-0.39, 0.29) is 0 Å². The molecule has 0 spiro atoms. The van der Waals surface area contributed by atoms with Gasteiger partial charge in [0.25, 0.3) is 0 Å². The van der Waals surface area contributed by atoms with Crippen LogP contribution in [-0.2, 0) is 5.75 Å². The first-order valence-corrected chi connectivity index (χ1v) is 9.59. The number of hydrogen-bond acceptors (Lipinski definition) is 7. The molecule has 0 aliphatic heterocycles. The van der Waals surface area contributed by atoms with Crippen LogP contribution in [0.1, 0.15) is 17.0 Å². The van der Waals surface area contributed by atoms with Crippen LogP contribution < -0.4 is 0 Å². The largest absolute Gasteiger partial charge is 0.338 e. The quantitative estimate of drug-likeness (QED) is 0.489. The van der Waals surface area contributed by atoms with E-state index in [2.05, 4.69) is 52.4 Å². The second-order valence-electron chi connectivity index (χ2n) is 5.59. The Morgan fingerprint density at radius 1 is 1.24 bits per heavy atom. The number of thiophene rings is 1. The average molecular weight is 369 g/mol. The monoisotopic (exact) mass is 369 g/mol. The van der Waals surface area contributed by atoms with E-state index in [0.29, 0.717) is 17.5 Å². The molecule has 4 rings (SSSR count). The fourth-order valence-corrected chi connectivity index (χ4v) is 3.91. The molecule has 8 heteroatoms. The zero-order chi connectivity index (χ0) is 17.2. The standard InChI is InChI=1S/C17H15N5OS2/c1-11-3-4-14(12(2)7-11)22-10-18-20-17(22)25-9-15-19-16(21-23-15)13-5-6-24-8-13/h3-8,10H,9H2,1-2H3. The van der Waals surface area contributed by atoms with Gasteiger partial charge < -0.3 is 4.52 Å². The summed E-state index contributed by atoms with van der Waals surface area (Å²) in [6.07, 6.45) is 1.73. The molecule has 0 bridgehead atoms. The maximum Gasteiger partial charge on any atom is 0.237 e. The number of thioether (sulfide) groups is 1. The summed E-state index contributed by atoms with van der Waals surface area (Å²) in [5.74, 6) is 1.73. The predicted octanol–water partition coefficient (Wildman–Crippen LogP) is 4.29. The van der Waals surface area contributed by atoms with Crippen LogP contribution in [0.15, 0.2) is 51.0 Å². The number of aryl methyl sites for hydroxylation is 2. The van der Waals surface area contributed by atoms with Crippen LogP contribution in [0.3, 0.4) is 0 Å². The topological polar surface area (TPSA) is 69.6 Å². The van der Waals surface area contributed by atoms with Crippen molar-refractivity contribution in [3.05, 3.63) is 58.4 Å². The molecular formula is C17H15N5OS2. The van der Waals surface area contributed by atoms with Gasteiger partial charge in [-0.1, -0.05) is 34.6 Å². The molecule has 25 heavy (non-hydrogen) atoms. The Balaban J connectivity index is 1.52. The first-order chi connectivity index (χ1) is 12.2. The van der Waals surface area contributed by atoms with E-state index in [1.165, 1.54) is 22.9 Å². The van der Waals surface area contributed by atoms with E-state index in [0.717, 1.165) is 16.4 Å². The minimum absolute atomic E-state index is 0.542. The maximum absolute atomic E-state index is 5.34. The molecule has 0 fully saturated rings. The zero-order valence-corrected chi connectivity index (χ0v) is 15.3. The van der Waals surface area contributed by atoms with Crippen LogP contribution in [-0.4, -0.2) is 24.9 Å². The van der Waals surface area contributed by atoms with E-state index in [1.807, 2.05) is 21.4 Å². The van der Waals surface area contributed by atoms with Crippen LogP contribution in [0.4, 0.5) is 0 Å². The van der Waals surface area contributed by atoms with Crippen LogP contribution in [0.2, 0.25) is 0 Å². The summed E-state index contributed by atoms with van der Waals surface area (Å²) in [7, 11) is 0. The second kappa shape index (κ2) is 6.81. The summed E-state index contributed by atoms with van der Waals surface area (Å²) >= 11 is 3.13. The smallest absolute Gasteiger partial charge is 0.237 e. The third-order valence-corrected chi connectivity index (χ3v) is 5.31. The molecule has 0 unspecified atom stereocenters. The van der Waals surface area contributed by atoms with Gasteiger partial charge in [-0.3, -0.25) is 4.57 Å². The van der Waals surface area contributed by atoms with Crippen LogP contribution in [0, 0.1) is 13.8 Å². The molecule has 3 aromatic heterocycles. The Kier molecular flexibility index (Phi) is 4.37. The first kappa shape index (κ1) is 16.0. The number of benzene rings is 1. The van der Waals surface area contributed by atoms with Gasteiger partial charge in [0.2, 0.25) is 11.7 Å². The molecular weight excluding hydrogens is 354 g/mol. The lowest BCUT2D eigenvalue weighted by atomic mass is 10.1. The number of rotatable bonds is 5. The normalized spacial score (nSPS) is 11.1. The van der Waals surface area contributed by atoms with Gasteiger partial charge in [0.15, 0.2) is 5.16 Å². The Labute approximate surface area is 152 Å². The summed E-state index contributed by atoms with van der Waals surface area (Å²) in [5.41, 5.74) is 4.46. The number of aromatic nitrogens is 5. The van der Waals surface area contributed by atoms with Gasteiger partial charge in [-0.2, -0.15) is 16.3 Å². The highest BCUT2D eigenvalue weighted by molar-refractivity contribution is 7.98. The Morgan fingerprint density at radius 3 is 2.96 bits per heavy atom. The lowest BCUT2D eigenvalue weighted by molar-refractivity contribution is 0.391. The van der Waals surface area contributed by atoms with Crippen molar-refractivity contribution in [1.82, 2.24) is 24.9 Å². The fourth-order valence-electron chi connectivity index (χ4n) is 2.51. The molecule has 126 valence electrons. The SMILES string of the molecule is Cc1ccc(-n2cnnc2SCc2nc(-c3ccsc3)no2)c(C)c1. The summed E-state index contributed by atoms with van der Waals surface area (Å²) in [4.78, 5) is 4.43. The fraction of sp³-hybridized carbons (Fsp3) is 0.176. The molecule has 0 saturated heterocycles. The summed E-state index contributed by atoms with van der Waals surface area (Å²) in [5, 5.41) is 17.1. The van der Waals surface area contributed by atoms with E-state index in [1.54, 1.807) is 17.7 Å². The molecule has 0 atom stereocenters. The predicted molar refractivity (Wildman–Crippen MR) is 98.0 cm³/mol. The van der Waals surface area contributed by atoms with Crippen LogP contribution in [0.25, 0.3) is 17.1 Å². The van der Waals surface area contributed by atoms with Gasteiger partial charge in [0.05, 0.1) is 11.4 Å². The lowest BCUT2D eigenvalue weighted by Crippen LogP contribution is -1.98. The van der Waals surface area contributed by atoms with Crippen molar-refractivity contribution in [3.8, 4) is 17.1 Å². The van der Waals surface area contributed by atoms with E-state index < -0.39 is 0 Å². The second-order valence-corrected chi connectivity index (χ2v) is 7.31. The van der Waals surface area contributed by atoms with Crippen molar-refractivity contribution >= 4 is 23.1 Å². The minimum atomic E-state index is 0.542. The molecule has 0 amide bonds. The van der Waals surface area contributed by atoms with Gasteiger partial charge in [-0.05, 0) is 36.9 Å². The highest BCUT2D eigenvalue weighted by Crippen LogP contribution is 2.26. The first-order valence-electron chi connectivity index (χ1n) is 7.66. The maximum atomic E-state index is 5.34. The molecule has 4 aromatic rings. The minimum Gasteiger partial charge on any atom is -0.338 e. The molecule has 0 N–H and O–H groups in total. The summed E-state index contributed by atoms with van der Waals surface area (Å²) < 4.78 is 7.32. The molecule has 0 aliphatic rings. The highest BCUT2D eigenvalue weighted by Gasteiger charge is 2.13. The van der Waals surface area contributed by atoms with Gasteiger partial charge in [-0.25, -0.2) is 0 Å². The lowest BCUT2D eigenvalue weighted by Gasteiger charge is -2.09. The van der Waals surface area contributed by atoms with E-state index in [9.17, 15) is 0 Å². The summed E-state index contributed by atoms with van der Waals surface area (Å²) in [6, 6.07) is 8.29. The number of nitrogens with zero attached hydrogens (tertiary/aromatic N) is 5. The third-order valence-electron chi connectivity index (χ3n) is 3.70. The molecule has 3 heterocycles. The van der Waals surface area contributed by atoms with Gasteiger partial charge >= 0.3 is 0 Å². The highest BCUT2D eigenvalue weighted by atomic mass is 32.2. The van der Waals surface area contributed by atoms with Crippen molar-refractivity contribution in [2.45, 2.75) is 24.8 Å². The average Bonchev–Trinajstić information content (AvgIpc) is 3.34. The number of hydrogen-bond donors (Lipinski definition) is 0. The Bertz CT molecular complexity index is 990. The van der Waals surface area contributed by atoms with Crippen molar-refractivity contribution < 1.29 is 4.52 Å². The van der Waals surface area contributed by atoms with Crippen molar-refractivity contribution in [1.29, 1.82) is 0 Å². The molecule has 1 aromatic carbocycles. The molecule has 6 nitrogen and oxygen atoms in total. The van der Waals surface area contributed by atoms with E-state index in [4.69, 9.17) is 4.52 Å². The van der Waals surface area contributed by atoms with Gasteiger partial charge in [0.1, 0.15) is 6.33 Å². The Morgan fingerprint density at radius 2 is 2.16 bits per heavy atom. The summed E-state index contributed by atoms with van der Waals surface area (Å²) in [6.45, 7) is 4.17. The van der Waals surface area contributed by atoms with Crippen molar-refractivity contribution in [2.24, 2.45) is 0 Å². The van der Waals surface area contributed by atoms with Crippen LogP contribution in [0.5, 0.6) is 0 Å². The van der Waals surface area contributed by atoms with Crippen LogP contribution >= 0.6 is 23.1 Å².